The van der Waals surface area contributed by atoms with E-state index in [4.69, 9.17) is 5.11 Å². The molecule has 2 rings (SSSR count). The average Bonchev–Trinajstić information content (AvgIpc) is 2.32. The second-order valence-corrected chi connectivity index (χ2v) is 6.67. The van der Waals surface area contributed by atoms with Gasteiger partial charge >= 0.3 is 5.97 Å². The molecule has 0 aromatic carbocycles. The lowest BCUT2D eigenvalue weighted by atomic mass is 9.90. The maximum absolute atomic E-state index is 10.4. The third-order valence-electron chi connectivity index (χ3n) is 3.49. The van der Waals surface area contributed by atoms with Crippen LogP contribution in [0.3, 0.4) is 0 Å². The number of carbonyl (C=O) groups is 1. The van der Waals surface area contributed by atoms with E-state index in [0.717, 1.165) is 29.6 Å². The Morgan fingerprint density at radius 3 is 1.56 bits per heavy atom. The van der Waals surface area contributed by atoms with Crippen molar-refractivity contribution in [1.82, 2.24) is 0 Å². The molecule has 0 radical (unpaired) electrons. The highest BCUT2D eigenvalue weighted by Gasteiger charge is 2.19. The molecule has 2 aliphatic carbocycles. The molecule has 2 fully saturated rings. The maximum atomic E-state index is 10.4. The number of rotatable bonds is 1. The van der Waals surface area contributed by atoms with Crippen molar-refractivity contribution < 1.29 is 9.90 Å². The minimum Gasteiger partial charge on any atom is -0.481 e. The molecule has 0 aliphatic heterocycles. The highest BCUT2D eigenvalue weighted by atomic mass is 127. The fraction of sp³-hybridized carbons (Fsp3) is 0.923. The molecule has 2 saturated carbocycles. The monoisotopic (exact) mass is 338 g/mol. The molecular weight excluding hydrogens is 315 g/mol. The average molecular weight is 338 g/mol. The van der Waals surface area contributed by atoms with Crippen LogP contribution >= 0.6 is 22.6 Å². The zero-order valence-corrected chi connectivity index (χ0v) is 12.1. The summed E-state index contributed by atoms with van der Waals surface area (Å²) in [6, 6.07) is 0. The fourth-order valence-corrected chi connectivity index (χ4v) is 3.28. The van der Waals surface area contributed by atoms with Crippen LogP contribution in [0.1, 0.15) is 64.2 Å². The first-order valence-electron chi connectivity index (χ1n) is 6.57. The predicted octanol–water partition coefficient (Wildman–Crippen LogP) is 4.41. The molecule has 3 heteroatoms. The summed E-state index contributed by atoms with van der Waals surface area (Å²) in [5, 5.41) is 8.54. The quantitative estimate of drug-likeness (QED) is 0.568. The molecule has 0 unspecified atom stereocenters. The second-order valence-electron chi connectivity index (χ2n) is 4.91. The van der Waals surface area contributed by atoms with Gasteiger partial charge in [-0.15, -0.1) is 0 Å². The smallest absolute Gasteiger partial charge is 0.306 e. The van der Waals surface area contributed by atoms with E-state index < -0.39 is 5.97 Å². The zero-order chi connectivity index (χ0) is 11.8. The molecular formula is C13H23IO2. The molecule has 0 bridgehead atoms. The molecule has 2 nitrogen and oxygen atoms in total. The van der Waals surface area contributed by atoms with E-state index in [-0.39, 0.29) is 5.92 Å². The minimum absolute atomic E-state index is 0.0289. The molecule has 0 amide bonds. The van der Waals surface area contributed by atoms with E-state index in [1.54, 1.807) is 0 Å². The summed E-state index contributed by atoms with van der Waals surface area (Å²) in [7, 11) is 0. The van der Waals surface area contributed by atoms with Crippen molar-refractivity contribution in [2.75, 3.05) is 0 Å². The summed E-state index contributed by atoms with van der Waals surface area (Å²) < 4.78 is 1.01. The Kier molecular flexibility index (Phi) is 7.41. The molecule has 0 spiro atoms. The van der Waals surface area contributed by atoms with Crippen LogP contribution in [-0.2, 0) is 4.79 Å². The number of halogens is 1. The maximum Gasteiger partial charge on any atom is 0.306 e. The van der Waals surface area contributed by atoms with Gasteiger partial charge in [0.25, 0.3) is 0 Å². The van der Waals surface area contributed by atoms with Gasteiger partial charge in [0, 0.05) is 3.92 Å². The SMILES string of the molecule is IC1CCCCC1.O=C(O)C1CCCCC1. The first-order valence-corrected chi connectivity index (χ1v) is 7.81. The van der Waals surface area contributed by atoms with Gasteiger partial charge in [0.15, 0.2) is 0 Å². The summed E-state index contributed by atoms with van der Waals surface area (Å²) in [5.74, 6) is -0.631. The summed E-state index contributed by atoms with van der Waals surface area (Å²) in [4.78, 5) is 10.4. The fourth-order valence-electron chi connectivity index (χ4n) is 2.40. The van der Waals surface area contributed by atoms with Gasteiger partial charge in [-0.25, -0.2) is 0 Å². The van der Waals surface area contributed by atoms with E-state index in [2.05, 4.69) is 22.6 Å². The van der Waals surface area contributed by atoms with E-state index in [1.165, 1.54) is 38.5 Å². The van der Waals surface area contributed by atoms with E-state index >= 15 is 0 Å². The van der Waals surface area contributed by atoms with Gasteiger partial charge in [0.2, 0.25) is 0 Å². The van der Waals surface area contributed by atoms with Crippen molar-refractivity contribution in [2.45, 2.75) is 68.1 Å². The van der Waals surface area contributed by atoms with Crippen molar-refractivity contribution in [3.8, 4) is 0 Å². The van der Waals surface area contributed by atoms with Crippen LogP contribution in [0.2, 0.25) is 0 Å². The third kappa shape index (κ3) is 6.06. The van der Waals surface area contributed by atoms with Gasteiger partial charge in [0.1, 0.15) is 0 Å². The van der Waals surface area contributed by atoms with Gasteiger partial charge in [-0.2, -0.15) is 0 Å². The normalized spacial score (nSPS) is 23.3. The Labute approximate surface area is 112 Å². The molecule has 16 heavy (non-hydrogen) atoms. The Hall–Kier alpha value is 0.200. The van der Waals surface area contributed by atoms with Gasteiger partial charge in [-0.1, -0.05) is 61.1 Å². The Balaban J connectivity index is 0.000000165. The van der Waals surface area contributed by atoms with Crippen LogP contribution < -0.4 is 0 Å². The Morgan fingerprint density at radius 2 is 1.31 bits per heavy atom. The van der Waals surface area contributed by atoms with Crippen LogP contribution in [0, 0.1) is 5.92 Å². The van der Waals surface area contributed by atoms with Crippen LogP contribution in [0.4, 0.5) is 0 Å². The number of carboxylic acids is 1. The standard InChI is InChI=1S/C7H12O2.C6H11I/c8-7(9)6-4-2-1-3-5-6;7-6-4-2-1-3-5-6/h6H,1-5H2,(H,8,9);6H,1-5H2. The number of alkyl halides is 1. The van der Waals surface area contributed by atoms with E-state index in [9.17, 15) is 4.79 Å². The first-order chi connectivity index (χ1) is 7.70. The molecule has 1 N–H and O–H groups in total. The lowest BCUT2D eigenvalue weighted by molar-refractivity contribution is -0.142. The molecule has 0 saturated heterocycles. The molecule has 0 heterocycles. The third-order valence-corrected chi connectivity index (χ3v) is 4.73. The zero-order valence-electron chi connectivity index (χ0n) is 9.96. The van der Waals surface area contributed by atoms with Crippen LogP contribution in [-0.4, -0.2) is 15.0 Å². The number of carboxylic acid groups (broad SMARTS) is 1. The largest absolute Gasteiger partial charge is 0.481 e. The van der Waals surface area contributed by atoms with E-state index in [1.807, 2.05) is 0 Å². The molecule has 0 aromatic heterocycles. The van der Waals surface area contributed by atoms with Crippen LogP contribution in [0.15, 0.2) is 0 Å². The van der Waals surface area contributed by atoms with Crippen LogP contribution in [0.25, 0.3) is 0 Å². The molecule has 0 atom stereocenters. The van der Waals surface area contributed by atoms with Crippen molar-refractivity contribution >= 4 is 28.6 Å². The first kappa shape index (κ1) is 14.3. The predicted molar refractivity (Wildman–Crippen MR) is 75.1 cm³/mol. The van der Waals surface area contributed by atoms with Gasteiger partial charge in [0.05, 0.1) is 5.92 Å². The topological polar surface area (TPSA) is 37.3 Å². The second kappa shape index (κ2) is 8.31. The summed E-state index contributed by atoms with van der Waals surface area (Å²) >= 11 is 2.56. The minimum atomic E-state index is -0.602. The highest BCUT2D eigenvalue weighted by molar-refractivity contribution is 14.1. The number of hydrogen-bond donors (Lipinski definition) is 1. The van der Waals surface area contributed by atoms with Gasteiger partial charge < -0.3 is 5.11 Å². The van der Waals surface area contributed by atoms with Crippen molar-refractivity contribution in [3.05, 3.63) is 0 Å². The molecule has 2 aliphatic rings. The van der Waals surface area contributed by atoms with Gasteiger partial charge in [-0.3, -0.25) is 4.79 Å². The van der Waals surface area contributed by atoms with E-state index in [0.29, 0.717) is 0 Å². The lowest BCUT2D eigenvalue weighted by Crippen LogP contribution is -2.16. The Bertz CT molecular complexity index is 194. The summed E-state index contributed by atoms with van der Waals surface area (Å²) in [6.45, 7) is 0. The lowest BCUT2D eigenvalue weighted by Gasteiger charge is -2.16. The van der Waals surface area contributed by atoms with Gasteiger partial charge in [-0.05, 0) is 25.7 Å². The number of aliphatic carboxylic acids is 1. The van der Waals surface area contributed by atoms with Crippen molar-refractivity contribution in [1.29, 1.82) is 0 Å². The van der Waals surface area contributed by atoms with Crippen molar-refractivity contribution in [2.24, 2.45) is 5.92 Å². The number of hydrogen-bond acceptors (Lipinski definition) is 1. The summed E-state index contributed by atoms with van der Waals surface area (Å²) in [5.41, 5.74) is 0. The highest BCUT2D eigenvalue weighted by Crippen LogP contribution is 2.24. The molecule has 94 valence electrons. The molecule has 0 aromatic rings. The Morgan fingerprint density at radius 1 is 0.875 bits per heavy atom. The van der Waals surface area contributed by atoms with Crippen LogP contribution in [0.5, 0.6) is 0 Å². The summed E-state index contributed by atoms with van der Waals surface area (Å²) in [6.07, 6.45) is 12.6. The van der Waals surface area contributed by atoms with Crippen molar-refractivity contribution in [3.63, 3.8) is 0 Å².